The average molecular weight is 588 g/mol. The van der Waals surface area contributed by atoms with Crippen molar-refractivity contribution >= 4 is 29.7 Å². The number of aliphatic hydroxyl groups is 1. The van der Waals surface area contributed by atoms with Crippen LogP contribution in [0.2, 0.25) is 0 Å². The number of nitrogens with one attached hydrogen (secondary N) is 2. The Morgan fingerprint density at radius 2 is 1.41 bits per heavy atom. The van der Waals surface area contributed by atoms with E-state index in [1.165, 1.54) is 36.9 Å². The molecular formula is C27H36F3N3O8. The Kier molecular flexibility index (Phi) is 11.3. The molecule has 1 heterocycles. The fourth-order valence-electron chi connectivity index (χ4n) is 4.52. The zero-order chi connectivity index (χ0) is 31.2. The van der Waals surface area contributed by atoms with Crippen LogP contribution in [0.4, 0.5) is 13.2 Å². The van der Waals surface area contributed by atoms with Gasteiger partial charge in [0.25, 0.3) is 5.91 Å². The van der Waals surface area contributed by atoms with Gasteiger partial charge in [-0.15, -0.1) is 0 Å². The summed E-state index contributed by atoms with van der Waals surface area (Å²) < 4.78 is 48.9. The Hall–Kier alpha value is -3.68. The van der Waals surface area contributed by atoms with Gasteiger partial charge in [0.15, 0.2) is 6.10 Å². The zero-order valence-corrected chi connectivity index (χ0v) is 23.7. The molecule has 1 aliphatic heterocycles. The van der Waals surface area contributed by atoms with E-state index >= 15 is 0 Å². The molecule has 41 heavy (non-hydrogen) atoms. The predicted octanol–water partition coefficient (Wildman–Crippen LogP) is 2.07. The third kappa shape index (κ3) is 8.18. The highest BCUT2D eigenvalue weighted by Gasteiger charge is 2.47. The first-order valence-electron chi connectivity index (χ1n) is 13.0. The van der Waals surface area contributed by atoms with Crippen LogP contribution in [0, 0.1) is 11.8 Å². The molecule has 3 N–H and O–H groups in total. The minimum Gasteiger partial charge on any atom is -0.465 e. The molecule has 14 heteroatoms. The molecule has 0 saturated carbocycles. The number of carbonyl (C=O) groups excluding carboxylic acids is 5. The van der Waals surface area contributed by atoms with Gasteiger partial charge in [-0.3, -0.25) is 14.4 Å². The number of halogens is 3. The van der Waals surface area contributed by atoms with Gasteiger partial charge in [0.05, 0.1) is 31.4 Å². The lowest BCUT2D eigenvalue weighted by Crippen LogP contribution is -2.59. The minimum atomic E-state index is -4.96. The topological polar surface area (TPSA) is 151 Å². The van der Waals surface area contributed by atoms with Crippen molar-refractivity contribution in [2.75, 3.05) is 20.8 Å². The van der Waals surface area contributed by atoms with Gasteiger partial charge in [-0.25, -0.2) is 9.59 Å². The molecule has 0 aromatic heterocycles. The quantitative estimate of drug-likeness (QED) is 0.352. The largest absolute Gasteiger partial charge is 0.465 e. The highest BCUT2D eigenvalue weighted by atomic mass is 19.4. The lowest BCUT2D eigenvalue weighted by Gasteiger charge is -2.33. The molecule has 4 atom stereocenters. The number of nitrogens with zero attached hydrogens (tertiary/aromatic N) is 1. The summed E-state index contributed by atoms with van der Waals surface area (Å²) in [4.78, 5) is 65.2. The van der Waals surface area contributed by atoms with Gasteiger partial charge in [-0.2, -0.15) is 13.2 Å². The molecule has 0 radical (unpaired) electrons. The van der Waals surface area contributed by atoms with Crippen molar-refractivity contribution < 1.29 is 51.7 Å². The molecule has 228 valence electrons. The van der Waals surface area contributed by atoms with Crippen LogP contribution in [0.25, 0.3) is 0 Å². The second kappa shape index (κ2) is 13.8. The van der Waals surface area contributed by atoms with Gasteiger partial charge >= 0.3 is 18.1 Å². The highest BCUT2D eigenvalue weighted by molar-refractivity contribution is 6.03. The number of ether oxygens (including phenoxy) is 2. The maximum absolute atomic E-state index is 13.6. The number of carbonyl (C=O) groups is 5. The Balaban J connectivity index is 2.30. The first-order chi connectivity index (χ1) is 19.0. The minimum absolute atomic E-state index is 0.106. The van der Waals surface area contributed by atoms with E-state index in [1.54, 1.807) is 13.8 Å². The van der Waals surface area contributed by atoms with Crippen molar-refractivity contribution in [1.82, 2.24) is 15.5 Å². The lowest BCUT2D eigenvalue weighted by atomic mass is 9.97. The van der Waals surface area contributed by atoms with E-state index in [1.807, 2.05) is 0 Å². The smallest absolute Gasteiger partial charge is 0.416 e. The van der Waals surface area contributed by atoms with Crippen molar-refractivity contribution in [3.05, 3.63) is 34.9 Å². The maximum Gasteiger partial charge on any atom is 0.416 e. The third-order valence-electron chi connectivity index (χ3n) is 6.80. The number of likely N-dealkylation sites (tertiary alicyclic amines) is 1. The van der Waals surface area contributed by atoms with Crippen LogP contribution in [-0.2, 0) is 19.1 Å². The van der Waals surface area contributed by atoms with Crippen molar-refractivity contribution in [3.8, 4) is 0 Å². The van der Waals surface area contributed by atoms with Crippen LogP contribution in [0.15, 0.2) is 18.2 Å². The molecule has 1 aliphatic rings. The molecule has 2 rings (SSSR count). The molecule has 1 fully saturated rings. The number of amides is 3. The maximum atomic E-state index is 13.6. The summed E-state index contributed by atoms with van der Waals surface area (Å²) in [7, 11) is 2.24. The predicted molar refractivity (Wildman–Crippen MR) is 139 cm³/mol. The summed E-state index contributed by atoms with van der Waals surface area (Å²) in [6, 6.07) is -0.365. The summed E-state index contributed by atoms with van der Waals surface area (Å²) in [6.45, 7) is 6.25. The van der Waals surface area contributed by atoms with Gasteiger partial charge in [0, 0.05) is 12.1 Å². The van der Waals surface area contributed by atoms with Crippen LogP contribution in [0.1, 0.15) is 71.6 Å². The Morgan fingerprint density at radius 3 is 1.85 bits per heavy atom. The first-order valence-corrected chi connectivity index (χ1v) is 13.0. The SMILES string of the molecule is COC(=O)c1cc(C(=O)N[C@H](C(=O)N2CCC[C@H]2C(=O)NC(C(C)C)C(O)C(F)(F)F)C(C)C)cc(C(=O)OC)c1. The van der Waals surface area contributed by atoms with E-state index in [2.05, 4.69) is 20.1 Å². The number of benzene rings is 1. The van der Waals surface area contributed by atoms with E-state index in [4.69, 9.17) is 0 Å². The second-order valence-corrected chi connectivity index (χ2v) is 10.4. The van der Waals surface area contributed by atoms with Gasteiger partial charge in [0.1, 0.15) is 12.1 Å². The first kappa shape index (κ1) is 33.5. The Labute approximate surface area is 235 Å². The summed E-state index contributed by atoms with van der Waals surface area (Å²) in [5, 5.41) is 14.6. The molecule has 3 amide bonds. The molecule has 1 aromatic rings. The fraction of sp³-hybridized carbons (Fsp3) is 0.593. The summed E-state index contributed by atoms with van der Waals surface area (Å²) in [5.74, 6) is -5.18. The van der Waals surface area contributed by atoms with Crippen LogP contribution < -0.4 is 10.6 Å². The van der Waals surface area contributed by atoms with E-state index in [0.717, 1.165) is 14.2 Å². The van der Waals surface area contributed by atoms with Gasteiger partial charge in [-0.1, -0.05) is 27.7 Å². The van der Waals surface area contributed by atoms with Crippen molar-refractivity contribution in [3.63, 3.8) is 0 Å². The van der Waals surface area contributed by atoms with Gasteiger partial charge in [0.2, 0.25) is 11.8 Å². The van der Waals surface area contributed by atoms with Crippen LogP contribution in [-0.4, -0.2) is 90.8 Å². The number of alkyl halides is 3. The van der Waals surface area contributed by atoms with E-state index in [0.29, 0.717) is 6.42 Å². The summed E-state index contributed by atoms with van der Waals surface area (Å²) in [6.07, 6.45) is -7.19. The number of esters is 2. The molecule has 0 aliphatic carbocycles. The van der Waals surface area contributed by atoms with E-state index in [-0.39, 0.29) is 29.7 Å². The van der Waals surface area contributed by atoms with Crippen molar-refractivity contribution in [2.24, 2.45) is 11.8 Å². The van der Waals surface area contributed by atoms with Crippen LogP contribution in [0.5, 0.6) is 0 Å². The summed E-state index contributed by atoms with van der Waals surface area (Å²) in [5.41, 5.74) is -0.349. The standard InChI is InChI=1S/C27H36F3N3O8/c1-13(2)19(21(34)27(28,29)30)31-23(36)18-8-7-9-33(18)24(37)20(14(3)4)32-22(35)15-10-16(25(38)40-5)12-17(11-15)26(39)41-6/h10-14,18-21,34H,7-9H2,1-6H3,(H,31,36)(H,32,35)/t18-,19?,20-,21?/m0/s1. The number of hydrogen-bond acceptors (Lipinski definition) is 8. The van der Waals surface area contributed by atoms with Gasteiger partial charge < -0.3 is 30.1 Å². The Morgan fingerprint density at radius 1 is 0.902 bits per heavy atom. The molecular weight excluding hydrogens is 551 g/mol. The number of aliphatic hydroxyl groups excluding tert-OH is 1. The van der Waals surface area contributed by atoms with Crippen LogP contribution >= 0.6 is 0 Å². The normalized spacial score (nSPS) is 17.6. The third-order valence-corrected chi connectivity index (χ3v) is 6.80. The van der Waals surface area contributed by atoms with Crippen LogP contribution in [0.3, 0.4) is 0 Å². The monoisotopic (exact) mass is 587 g/mol. The molecule has 1 saturated heterocycles. The second-order valence-electron chi connectivity index (χ2n) is 10.4. The molecule has 11 nitrogen and oxygen atoms in total. The molecule has 0 spiro atoms. The number of methoxy groups -OCH3 is 2. The van der Waals surface area contributed by atoms with Gasteiger partial charge in [-0.05, 0) is 42.9 Å². The lowest BCUT2D eigenvalue weighted by molar-refractivity contribution is -0.215. The fourth-order valence-corrected chi connectivity index (χ4v) is 4.52. The number of hydrogen-bond donors (Lipinski definition) is 3. The molecule has 2 unspecified atom stereocenters. The van der Waals surface area contributed by atoms with E-state index < -0.39 is 71.9 Å². The van der Waals surface area contributed by atoms with Crippen molar-refractivity contribution in [2.45, 2.75) is 70.9 Å². The summed E-state index contributed by atoms with van der Waals surface area (Å²) >= 11 is 0. The van der Waals surface area contributed by atoms with Crippen molar-refractivity contribution in [1.29, 1.82) is 0 Å². The zero-order valence-electron chi connectivity index (χ0n) is 23.7. The van der Waals surface area contributed by atoms with E-state index in [9.17, 15) is 42.3 Å². The number of rotatable bonds is 10. The average Bonchev–Trinajstić information content (AvgIpc) is 3.41. The highest BCUT2D eigenvalue weighted by Crippen LogP contribution is 2.27. The molecule has 0 bridgehead atoms. The Bertz CT molecular complexity index is 1120. The molecule has 1 aromatic carbocycles.